The van der Waals surface area contributed by atoms with E-state index in [2.05, 4.69) is 0 Å². The lowest BCUT2D eigenvalue weighted by molar-refractivity contribution is 0.582. The largest absolute Gasteiger partial charge is 0.314 e. The Labute approximate surface area is 390 Å². The predicted octanol–water partition coefficient (Wildman–Crippen LogP) is 11.7. The van der Waals surface area contributed by atoms with Gasteiger partial charge in [-0.15, -0.1) is 0 Å². The SMILES string of the molecule is O=P(CCP(=O)(c1ccccc1)c1ccccc1)(c1ccccc1)c1ccccc1.O=P(Cc1ccc(CP(=O)(c2ccccc2)c2ccccc2)cc1)(c1ccccc1)c1ccccc1. The number of hydrogen-bond donors (Lipinski definition) is 0. The fourth-order valence-electron chi connectivity index (χ4n) is 8.37. The van der Waals surface area contributed by atoms with Crippen LogP contribution in [-0.4, -0.2) is 12.3 Å². The first-order chi connectivity index (χ1) is 32.2. The molecular weight excluding hydrogens is 885 g/mol. The van der Waals surface area contributed by atoms with E-state index in [9.17, 15) is 18.3 Å². The molecule has 0 bridgehead atoms. The van der Waals surface area contributed by atoms with Gasteiger partial charge in [0.2, 0.25) is 0 Å². The van der Waals surface area contributed by atoms with Gasteiger partial charge in [-0.05, 0) is 11.1 Å². The predicted molar refractivity (Wildman–Crippen MR) is 283 cm³/mol. The molecule has 0 atom stereocenters. The summed E-state index contributed by atoms with van der Waals surface area (Å²) in [5.41, 5.74) is 2.01. The average molecular weight is 937 g/mol. The van der Waals surface area contributed by atoms with Crippen LogP contribution in [0.3, 0.4) is 0 Å². The Hall–Kier alpha value is -6.10. The molecule has 0 heterocycles. The fourth-order valence-corrected chi connectivity index (χ4v) is 20.3. The second-order valence-corrected chi connectivity index (χ2v) is 27.8. The van der Waals surface area contributed by atoms with Gasteiger partial charge < -0.3 is 18.3 Å². The molecule has 0 saturated carbocycles. The van der Waals surface area contributed by atoms with Gasteiger partial charge in [0.15, 0.2) is 0 Å². The molecule has 0 amide bonds. The van der Waals surface area contributed by atoms with Crippen LogP contribution in [0.4, 0.5) is 0 Å². The monoisotopic (exact) mass is 936 g/mol. The summed E-state index contributed by atoms with van der Waals surface area (Å²) in [6, 6.07) is 85.5. The first-order valence-corrected chi connectivity index (χ1v) is 29.7. The van der Waals surface area contributed by atoms with Crippen molar-refractivity contribution in [3.63, 3.8) is 0 Å². The molecule has 9 aromatic carbocycles. The average Bonchev–Trinajstić information content (AvgIpc) is 3.40. The maximum absolute atomic E-state index is 14.4. The Morgan fingerprint density at radius 3 is 0.515 bits per heavy atom. The minimum atomic E-state index is -2.93. The Morgan fingerprint density at radius 1 is 0.197 bits per heavy atom. The molecule has 0 aliphatic rings. The normalized spacial score (nSPS) is 11.8. The Morgan fingerprint density at radius 2 is 0.348 bits per heavy atom. The highest BCUT2D eigenvalue weighted by Crippen LogP contribution is 2.52. The number of rotatable bonds is 15. The van der Waals surface area contributed by atoms with Crippen molar-refractivity contribution in [3.8, 4) is 0 Å². The van der Waals surface area contributed by atoms with Crippen molar-refractivity contribution in [2.75, 3.05) is 12.3 Å². The summed E-state index contributed by atoms with van der Waals surface area (Å²) in [5.74, 6) is 0. The molecule has 9 aromatic rings. The summed E-state index contributed by atoms with van der Waals surface area (Å²) in [6.45, 7) is 0. The van der Waals surface area contributed by atoms with E-state index in [0.717, 1.165) is 53.6 Å². The minimum Gasteiger partial charge on any atom is -0.314 e. The van der Waals surface area contributed by atoms with E-state index < -0.39 is 28.6 Å². The standard InChI is InChI=1S/C32H28O2P2.C26H24O2P2/c33-35(29-13-5-1-6-14-29,30-15-7-2-8-16-30)25-27-21-23-28(24-22-27)26-36(34,31-17-9-3-10-18-31)32-19-11-4-12-20-32;27-29(23-13-5-1-6-14-23,24-15-7-2-8-16-24)21-22-30(28,25-17-9-3-10-18-25)26-19-11-4-12-20-26/h1-24H,25-26H2;1-20H,21-22H2. The van der Waals surface area contributed by atoms with Gasteiger partial charge in [0.25, 0.3) is 0 Å². The number of benzene rings is 9. The summed E-state index contributed by atoms with van der Waals surface area (Å²) in [4.78, 5) is 0. The zero-order valence-corrected chi connectivity index (χ0v) is 40.2. The number of hydrogen-bond acceptors (Lipinski definition) is 4. The summed E-state index contributed by atoms with van der Waals surface area (Å²) in [5, 5.41) is 6.67. The molecule has 0 aromatic heterocycles. The maximum Gasteiger partial charge on any atom is 0.147 e. The molecule has 8 heteroatoms. The van der Waals surface area contributed by atoms with Gasteiger partial charge in [-0.25, -0.2) is 0 Å². The fraction of sp³-hybridized carbons (Fsp3) is 0.0690. The molecule has 9 rings (SSSR count). The van der Waals surface area contributed by atoms with Gasteiger partial charge >= 0.3 is 0 Å². The first-order valence-electron chi connectivity index (χ1n) is 22.1. The third-order valence-corrected chi connectivity index (χ3v) is 24.7. The van der Waals surface area contributed by atoms with Crippen molar-refractivity contribution >= 4 is 71.0 Å². The van der Waals surface area contributed by atoms with E-state index in [1.54, 1.807) is 0 Å². The van der Waals surface area contributed by atoms with Crippen LogP contribution in [0.2, 0.25) is 0 Å². The second kappa shape index (κ2) is 21.5. The molecule has 0 saturated heterocycles. The Bertz CT molecular complexity index is 2710. The van der Waals surface area contributed by atoms with Gasteiger partial charge in [0.1, 0.15) is 28.6 Å². The Balaban J connectivity index is 0.000000182. The van der Waals surface area contributed by atoms with E-state index in [1.807, 2.05) is 267 Å². The lowest BCUT2D eigenvalue weighted by Crippen LogP contribution is -2.24. The van der Waals surface area contributed by atoms with Crippen molar-refractivity contribution < 1.29 is 18.3 Å². The molecule has 0 aliphatic heterocycles. The van der Waals surface area contributed by atoms with Gasteiger partial charge in [-0.3, -0.25) is 0 Å². The highest BCUT2D eigenvalue weighted by Gasteiger charge is 2.34. The topological polar surface area (TPSA) is 68.3 Å². The molecule has 0 spiro atoms. The van der Waals surface area contributed by atoms with Crippen LogP contribution in [0, 0.1) is 0 Å². The second-order valence-electron chi connectivity index (χ2n) is 16.2. The van der Waals surface area contributed by atoms with Gasteiger partial charge in [-0.2, -0.15) is 0 Å². The van der Waals surface area contributed by atoms with Crippen molar-refractivity contribution in [1.82, 2.24) is 0 Å². The summed E-state index contributed by atoms with van der Waals surface area (Å²) < 4.78 is 57.7. The van der Waals surface area contributed by atoms with Crippen molar-refractivity contribution in [2.24, 2.45) is 0 Å². The Kier molecular flexibility index (Phi) is 15.1. The lowest BCUT2D eigenvalue weighted by atomic mass is 10.2. The lowest BCUT2D eigenvalue weighted by Gasteiger charge is -2.24. The van der Waals surface area contributed by atoms with Crippen LogP contribution < -0.4 is 42.4 Å². The van der Waals surface area contributed by atoms with Crippen LogP contribution in [0.1, 0.15) is 11.1 Å². The molecular formula is C58H52O4P4. The third kappa shape index (κ3) is 10.6. The van der Waals surface area contributed by atoms with Gasteiger partial charge in [0.05, 0.1) is 0 Å². The van der Waals surface area contributed by atoms with Crippen LogP contribution in [-0.2, 0) is 30.6 Å². The van der Waals surface area contributed by atoms with E-state index in [4.69, 9.17) is 0 Å². The summed E-state index contributed by atoms with van der Waals surface area (Å²) in [6.07, 6.45) is 1.58. The zero-order chi connectivity index (χ0) is 45.7. The van der Waals surface area contributed by atoms with E-state index >= 15 is 0 Å². The minimum absolute atomic E-state index is 0.349. The molecule has 0 unspecified atom stereocenters. The van der Waals surface area contributed by atoms with Crippen molar-refractivity contribution in [2.45, 2.75) is 12.3 Å². The summed E-state index contributed by atoms with van der Waals surface area (Å²) in [7, 11) is -11.6. The molecule has 66 heavy (non-hydrogen) atoms. The molecule has 0 N–H and O–H groups in total. The third-order valence-electron chi connectivity index (χ3n) is 11.9. The molecule has 0 radical (unpaired) electrons. The highest BCUT2D eigenvalue weighted by molar-refractivity contribution is 7.82. The van der Waals surface area contributed by atoms with Crippen LogP contribution in [0.15, 0.2) is 267 Å². The van der Waals surface area contributed by atoms with E-state index in [1.165, 1.54) is 0 Å². The van der Waals surface area contributed by atoms with Gasteiger partial charge in [0, 0.05) is 67.1 Å². The molecule has 0 aliphatic carbocycles. The van der Waals surface area contributed by atoms with Crippen LogP contribution in [0.25, 0.3) is 0 Å². The summed E-state index contributed by atoms with van der Waals surface area (Å²) >= 11 is 0. The maximum atomic E-state index is 14.4. The molecule has 0 fully saturated rings. The molecule has 4 nitrogen and oxygen atoms in total. The van der Waals surface area contributed by atoms with Crippen LogP contribution >= 0.6 is 28.6 Å². The highest BCUT2D eigenvalue weighted by atomic mass is 31.2. The van der Waals surface area contributed by atoms with Crippen molar-refractivity contribution in [3.05, 3.63) is 278 Å². The van der Waals surface area contributed by atoms with Crippen molar-refractivity contribution in [1.29, 1.82) is 0 Å². The smallest absolute Gasteiger partial charge is 0.147 e. The molecule has 328 valence electrons. The van der Waals surface area contributed by atoms with E-state index in [0.29, 0.717) is 24.6 Å². The van der Waals surface area contributed by atoms with Gasteiger partial charge in [-0.1, -0.05) is 267 Å². The van der Waals surface area contributed by atoms with E-state index in [-0.39, 0.29) is 0 Å². The first kappa shape index (κ1) is 46.4. The van der Waals surface area contributed by atoms with Crippen LogP contribution in [0.5, 0.6) is 0 Å². The quantitative estimate of drug-likeness (QED) is 0.0961. The zero-order valence-electron chi connectivity index (χ0n) is 36.7.